The van der Waals surface area contributed by atoms with Crippen molar-refractivity contribution in [2.75, 3.05) is 0 Å². The maximum absolute atomic E-state index is 13.9. The number of halogens is 3. The molecular weight excluding hydrogens is 317 g/mol. The van der Waals surface area contributed by atoms with Crippen LogP contribution < -0.4 is 0 Å². The molecule has 2 heterocycles. The summed E-state index contributed by atoms with van der Waals surface area (Å²) in [6.07, 6.45) is 4.85. The van der Waals surface area contributed by atoms with Crippen LogP contribution in [0.3, 0.4) is 0 Å². The predicted octanol–water partition coefficient (Wildman–Crippen LogP) is 4.37. The highest BCUT2D eigenvalue weighted by molar-refractivity contribution is 9.09. The van der Waals surface area contributed by atoms with Gasteiger partial charge in [-0.1, -0.05) is 39.7 Å². The van der Waals surface area contributed by atoms with Gasteiger partial charge in [0.25, 0.3) is 0 Å². The normalized spacial score (nSPS) is 31.8. The van der Waals surface area contributed by atoms with Crippen molar-refractivity contribution >= 4 is 27.5 Å². The summed E-state index contributed by atoms with van der Waals surface area (Å²) in [6.45, 7) is 0.696. The minimum atomic E-state index is -0.250. The molecule has 18 heavy (non-hydrogen) atoms. The largest absolute Gasteiger partial charge is 0.293 e. The summed E-state index contributed by atoms with van der Waals surface area (Å²) >= 11 is 9.57. The molecule has 1 aromatic rings. The van der Waals surface area contributed by atoms with Gasteiger partial charge < -0.3 is 0 Å². The molecule has 3 rings (SSSR count). The van der Waals surface area contributed by atoms with Gasteiger partial charge in [-0.3, -0.25) is 4.90 Å². The Bertz CT molecular complexity index is 439. The Morgan fingerprint density at radius 2 is 1.94 bits per heavy atom. The molecule has 0 N–H and O–H groups in total. The first-order valence-corrected chi connectivity index (χ1v) is 7.77. The Balaban J connectivity index is 1.79. The minimum absolute atomic E-state index is 0.232. The third-order valence-electron chi connectivity index (χ3n) is 4.21. The zero-order valence-corrected chi connectivity index (χ0v) is 12.4. The van der Waals surface area contributed by atoms with Crippen molar-refractivity contribution in [2.24, 2.45) is 0 Å². The average Bonchev–Trinajstić information content (AvgIpc) is 2.58. The molecule has 1 nitrogen and oxygen atoms in total. The maximum Gasteiger partial charge on any atom is 0.146 e. The highest BCUT2D eigenvalue weighted by Crippen LogP contribution is 2.39. The van der Waals surface area contributed by atoms with Crippen molar-refractivity contribution in [2.45, 2.75) is 49.1 Å². The van der Waals surface area contributed by atoms with Gasteiger partial charge in [-0.25, -0.2) is 4.39 Å². The Hall–Kier alpha value is -0.120. The molecule has 4 heteroatoms. The first-order chi connectivity index (χ1) is 8.65. The Labute approximate surface area is 120 Å². The second-order valence-corrected chi connectivity index (χ2v) is 7.04. The second kappa shape index (κ2) is 5.10. The van der Waals surface area contributed by atoms with Gasteiger partial charge in [0, 0.05) is 29.0 Å². The van der Waals surface area contributed by atoms with Crippen molar-refractivity contribution in [3.63, 3.8) is 0 Å². The first-order valence-electron chi connectivity index (χ1n) is 6.48. The van der Waals surface area contributed by atoms with E-state index in [1.165, 1.54) is 25.7 Å². The Kier molecular flexibility index (Phi) is 3.65. The van der Waals surface area contributed by atoms with Crippen LogP contribution in [0.25, 0.3) is 0 Å². The number of alkyl halides is 1. The van der Waals surface area contributed by atoms with Crippen LogP contribution >= 0.6 is 27.5 Å². The highest BCUT2D eigenvalue weighted by atomic mass is 79.9. The van der Waals surface area contributed by atoms with Crippen LogP contribution in [0.5, 0.6) is 0 Å². The van der Waals surface area contributed by atoms with Crippen molar-refractivity contribution in [3.8, 4) is 0 Å². The fraction of sp³-hybridized carbons (Fsp3) is 0.571. The lowest BCUT2D eigenvalue weighted by molar-refractivity contribution is 0.135. The van der Waals surface area contributed by atoms with E-state index < -0.39 is 0 Å². The molecule has 2 bridgehead atoms. The molecule has 2 atom stereocenters. The van der Waals surface area contributed by atoms with E-state index in [1.54, 1.807) is 6.07 Å². The molecule has 0 aliphatic carbocycles. The molecule has 0 amide bonds. The van der Waals surface area contributed by atoms with E-state index in [0.29, 0.717) is 23.5 Å². The standard InChI is InChI=1S/C14H16BrClFN/c15-10-6-11-4-5-12(7-10)18(11)8-9-2-1-3-13(16)14(9)17/h1-3,10-12H,4-8H2. The zero-order chi connectivity index (χ0) is 12.7. The topological polar surface area (TPSA) is 3.24 Å². The van der Waals surface area contributed by atoms with Gasteiger partial charge in [-0.2, -0.15) is 0 Å². The number of hydrogen-bond donors (Lipinski definition) is 0. The number of piperidine rings is 1. The van der Waals surface area contributed by atoms with E-state index in [4.69, 9.17) is 11.6 Å². The van der Waals surface area contributed by atoms with Gasteiger partial charge in [0.05, 0.1) is 5.02 Å². The van der Waals surface area contributed by atoms with Crippen molar-refractivity contribution in [1.82, 2.24) is 4.90 Å². The van der Waals surface area contributed by atoms with Crippen LogP contribution in [0.2, 0.25) is 5.02 Å². The van der Waals surface area contributed by atoms with E-state index >= 15 is 0 Å². The third kappa shape index (κ3) is 2.33. The fourth-order valence-electron chi connectivity index (χ4n) is 3.33. The Morgan fingerprint density at radius 3 is 2.61 bits per heavy atom. The molecule has 2 aliphatic rings. The number of nitrogens with zero attached hydrogens (tertiary/aromatic N) is 1. The molecule has 2 aliphatic heterocycles. The number of fused-ring (bicyclic) bond motifs is 2. The molecule has 0 saturated carbocycles. The van der Waals surface area contributed by atoms with Crippen LogP contribution in [-0.4, -0.2) is 21.8 Å². The Morgan fingerprint density at radius 1 is 1.28 bits per heavy atom. The zero-order valence-electron chi connectivity index (χ0n) is 10.1. The smallest absolute Gasteiger partial charge is 0.146 e. The van der Waals surface area contributed by atoms with Crippen LogP contribution in [0, 0.1) is 5.82 Å². The van der Waals surface area contributed by atoms with E-state index in [1.807, 2.05) is 12.1 Å². The minimum Gasteiger partial charge on any atom is -0.293 e. The van der Waals surface area contributed by atoms with Crippen LogP contribution in [0.1, 0.15) is 31.2 Å². The lowest BCUT2D eigenvalue weighted by Crippen LogP contribution is -2.42. The van der Waals surface area contributed by atoms with Gasteiger partial charge >= 0.3 is 0 Å². The lowest BCUT2D eigenvalue weighted by atomic mass is 10.0. The van der Waals surface area contributed by atoms with E-state index in [2.05, 4.69) is 20.8 Å². The molecule has 1 aromatic carbocycles. The molecule has 2 saturated heterocycles. The fourth-order valence-corrected chi connectivity index (χ4v) is 4.39. The monoisotopic (exact) mass is 331 g/mol. The maximum atomic E-state index is 13.9. The van der Waals surface area contributed by atoms with E-state index in [-0.39, 0.29) is 10.8 Å². The molecule has 0 radical (unpaired) electrons. The number of benzene rings is 1. The molecular formula is C14H16BrClFN. The number of rotatable bonds is 2. The van der Waals surface area contributed by atoms with Crippen molar-refractivity contribution in [3.05, 3.63) is 34.6 Å². The van der Waals surface area contributed by atoms with Gasteiger partial charge in [-0.15, -0.1) is 0 Å². The summed E-state index contributed by atoms with van der Waals surface area (Å²) in [4.78, 5) is 3.10. The van der Waals surface area contributed by atoms with Gasteiger partial charge in [0.1, 0.15) is 5.82 Å². The summed E-state index contributed by atoms with van der Waals surface area (Å²) in [7, 11) is 0. The average molecular weight is 333 g/mol. The van der Waals surface area contributed by atoms with Gasteiger partial charge in [0.2, 0.25) is 0 Å². The van der Waals surface area contributed by atoms with Crippen molar-refractivity contribution < 1.29 is 4.39 Å². The predicted molar refractivity (Wildman–Crippen MR) is 75.7 cm³/mol. The summed E-state index contributed by atoms with van der Waals surface area (Å²) in [5, 5.41) is 0.232. The summed E-state index contributed by atoms with van der Waals surface area (Å²) < 4.78 is 13.9. The van der Waals surface area contributed by atoms with Gasteiger partial charge in [-0.05, 0) is 31.7 Å². The molecule has 0 spiro atoms. The van der Waals surface area contributed by atoms with Crippen LogP contribution in [0.15, 0.2) is 18.2 Å². The molecule has 0 aromatic heterocycles. The molecule has 2 fully saturated rings. The second-order valence-electron chi connectivity index (χ2n) is 5.34. The van der Waals surface area contributed by atoms with Crippen molar-refractivity contribution in [1.29, 1.82) is 0 Å². The lowest BCUT2D eigenvalue weighted by Gasteiger charge is -2.37. The van der Waals surface area contributed by atoms with E-state index in [0.717, 1.165) is 5.56 Å². The highest BCUT2D eigenvalue weighted by Gasteiger charge is 2.39. The summed E-state index contributed by atoms with van der Waals surface area (Å²) in [5.74, 6) is -0.250. The van der Waals surface area contributed by atoms with Crippen LogP contribution in [-0.2, 0) is 6.54 Å². The summed E-state index contributed by atoms with van der Waals surface area (Å²) in [6, 6.07) is 6.50. The molecule has 98 valence electrons. The molecule has 2 unspecified atom stereocenters. The van der Waals surface area contributed by atoms with E-state index in [9.17, 15) is 4.39 Å². The SMILES string of the molecule is Fc1c(Cl)cccc1CN1C2CCC1CC(Br)C2. The van der Waals surface area contributed by atoms with Crippen LogP contribution in [0.4, 0.5) is 4.39 Å². The quantitative estimate of drug-likeness (QED) is 0.727. The summed E-state index contributed by atoms with van der Waals surface area (Å²) in [5.41, 5.74) is 0.729. The number of hydrogen-bond acceptors (Lipinski definition) is 1. The third-order valence-corrected chi connectivity index (χ3v) is 5.25. The first kappa shape index (κ1) is 12.9. The van der Waals surface area contributed by atoms with Gasteiger partial charge in [0.15, 0.2) is 0 Å².